The number of rotatable bonds is 5. The molecule has 1 fully saturated rings. The number of amides is 1. The third kappa shape index (κ3) is 4.16. The number of carbonyl (C=O) groups excluding carboxylic acids is 1. The molecule has 1 aromatic heterocycles. The topological polar surface area (TPSA) is 58.4 Å². The number of hydrogen-bond acceptors (Lipinski definition) is 3. The van der Waals surface area contributed by atoms with Gasteiger partial charge in [0.1, 0.15) is 5.82 Å². The number of fused-ring (bicyclic) bond motifs is 1. The summed E-state index contributed by atoms with van der Waals surface area (Å²) in [6.45, 7) is 3.33. The molecule has 0 bridgehead atoms. The highest BCUT2D eigenvalue weighted by Crippen LogP contribution is 2.34. The summed E-state index contributed by atoms with van der Waals surface area (Å²) in [4.78, 5) is 20.1. The van der Waals surface area contributed by atoms with Gasteiger partial charge in [0, 0.05) is 29.8 Å². The Morgan fingerprint density at radius 2 is 1.76 bits per heavy atom. The second-order valence-corrected chi connectivity index (χ2v) is 9.18. The Kier molecular flexibility index (Phi) is 5.73. The Morgan fingerprint density at radius 1 is 1.03 bits per heavy atom. The lowest BCUT2D eigenvalue weighted by molar-refractivity contribution is 0.0272. The normalized spacial score (nSPS) is 18.5. The number of benzene rings is 3. The van der Waals surface area contributed by atoms with Crippen LogP contribution in [0.5, 0.6) is 0 Å². The fourth-order valence-electron chi connectivity index (χ4n) is 5.16. The van der Waals surface area contributed by atoms with Crippen LogP contribution in [0, 0.1) is 12.3 Å². The van der Waals surface area contributed by atoms with Gasteiger partial charge in [0.2, 0.25) is 0 Å². The molecule has 0 aliphatic carbocycles. The molecule has 0 radical (unpaired) electrons. The Morgan fingerprint density at radius 3 is 2.48 bits per heavy atom. The molecular formula is C28H29N3O2. The number of nitrogens with zero attached hydrogens (tertiary/aromatic N) is 3. The van der Waals surface area contributed by atoms with Crippen LogP contribution < -0.4 is 0 Å². The average Bonchev–Trinajstić information content (AvgIpc) is 3.19. The highest BCUT2D eigenvalue weighted by Gasteiger charge is 2.37. The Hall–Kier alpha value is -3.44. The van der Waals surface area contributed by atoms with Gasteiger partial charge in [-0.1, -0.05) is 48.5 Å². The van der Waals surface area contributed by atoms with E-state index in [4.69, 9.17) is 4.98 Å². The van der Waals surface area contributed by atoms with Crippen LogP contribution in [0.25, 0.3) is 16.7 Å². The SMILES string of the molecule is Cc1nc2cc(C(=O)N3CCCC(CO)(Cc4ccccc4)C3)ccc2n1-c1ccccc1. The van der Waals surface area contributed by atoms with Crippen molar-refractivity contribution in [3.63, 3.8) is 0 Å². The zero-order valence-corrected chi connectivity index (χ0v) is 18.9. The predicted octanol–water partition coefficient (Wildman–Crippen LogP) is 4.79. The van der Waals surface area contributed by atoms with Crippen LogP contribution in [0.3, 0.4) is 0 Å². The van der Waals surface area contributed by atoms with E-state index in [0.717, 1.165) is 41.8 Å². The lowest BCUT2D eigenvalue weighted by Gasteiger charge is -2.42. The molecular weight excluding hydrogens is 410 g/mol. The summed E-state index contributed by atoms with van der Waals surface area (Å²) < 4.78 is 2.11. The van der Waals surface area contributed by atoms with E-state index >= 15 is 0 Å². The molecule has 1 N–H and O–H groups in total. The molecule has 1 unspecified atom stereocenters. The molecule has 5 rings (SSSR count). The van der Waals surface area contributed by atoms with Gasteiger partial charge in [-0.2, -0.15) is 0 Å². The van der Waals surface area contributed by atoms with E-state index in [2.05, 4.69) is 28.8 Å². The molecule has 33 heavy (non-hydrogen) atoms. The Labute approximate surface area is 194 Å². The van der Waals surface area contributed by atoms with Crippen LogP contribution in [0.4, 0.5) is 0 Å². The van der Waals surface area contributed by atoms with Gasteiger partial charge in [-0.05, 0) is 62.1 Å². The number of piperidine rings is 1. The van der Waals surface area contributed by atoms with Crippen LogP contribution in [-0.4, -0.2) is 45.2 Å². The zero-order chi connectivity index (χ0) is 22.8. The van der Waals surface area contributed by atoms with E-state index in [1.165, 1.54) is 5.56 Å². The van der Waals surface area contributed by atoms with Crippen molar-refractivity contribution in [3.05, 3.63) is 95.8 Å². The smallest absolute Gasteiger partial charge is 0.253 e. The fourth-order valence-corrected chi connectivity index (χ4v) is 5.16. The molecule has 3 aromatic carbocycles. The molecule has 2 heterocycles. The number of aromatic nitrogens is 2. The number of likely N-dealkylation sites (tertiary alicyclic amines) is 1. The molecule has 0 spiro atoms. The van der Waals surface area contributed by atoms with Crippen molar-refractivity contribution in [1.82, 2.24) is 14.5 Å². The second kappa shape index (κ2) is 8.83. The van der Waals surface area contributed by atoms with E-state index in [9.17, 15) is 9.90 Å². The van der Waals surface area contributed by atoms with Crippen LogP contribution >= 0.6 is 0 Å². The van der Waals surface area contributed by atoms with Crippen molar-refractivity contribution in [1.29, 1.82) is 0 Å². The summed E-state index contributed by atoms with van der Waals surface area (Å²) in [6, 6.07) is 26.2. The summed E-state index contributed by atoms with van der Waals surface area (Å²) in [7, 11) is 0. The van der Waals surface area contributed by atoms with Gasteiger partial charge in [0.05, 0.1) is 17.6 Å². The average molecular weight is 440 g/mol. The molecule has 1 atom stereocenters. The van der Waals surface area contributed by atoms with E-state index in [1.807, 2.05) is 66.4 Å². The first-order valence-electron chi connectivity index (χ1n) is 11.6. The fraction of sp³-hybridized carbons (Fsp3) is 0.286. The lowest BCUT2D eigenvalue weighted by Crippen LogP contribution is -2.49. The van der Waals surface area contributed by atoms with Crippen molar-refractivity contribution in [2.75, 3.05) is 19.7 Å². The maximum atomic E-state index is 13.5. The van der Waals surface area contributed by atoms with Gasteiger partial charge < -0.3 is 10.0 Å². The first-order valence-corrected chi connectivity index (χ1v) is 11.6. The van der Waals surface area contributed by atoms with Gasteiger partial charge >= 0.3 is 0 Å². The standard InChI is InChI=1S/C28H29N3O2/c1-21-29-25-17-23(13-14-26(25)31(21)24-11-6-3-7-12-24)27(33)30-16-8-15-28(19-30,20-32)18-22-9-4-2-5-10-22/h2-7,9-14,17,32H,8,15-16,18-20H2,1H3. The number of aryl methyl sites for hydroxylation is 1. The van der Waals surface area contributed by atoms with E-state index in [1.54, 1.807) is 0 Å². The quantitative estimate of drug-likeness (QED) is 0.486. The number of hydrogen-bond donors (Lipinski definition) is 1. The molecule has 1 aliphatic heterocycles. The molecule has 1 aliphatic rings. The van der Waals surface area contributed by atoms with Gasteiger partial charge in [0.15, 0.2) is 0 Å². The van der Waals surface area contributed by atoms with Crippen molar-refractivity contribution in [2.24, 2.45) is 5.41 Å². The van der Waals surface area contributed by atoms with E-state index in [-0.39, 0.29) is 17.9 Å². The van der Waals surface area contributed by atoms with E-state index < -0.39 is 0 Å². The third-order valence-corrected chi connectivity index (χ3v) is 6.79. The lowest BCUT2D eigenvalue weighted by atomic mass is 9.75. The molecule has 5 nitrogen and oxygen atoms in total. The zero-order valence-electron chi connectivity index (χ0n) is 18.9. The van der Waals surface area contributed by atoms with Gasteiger partial charge in [-0.15, -0.1) is 0 Å². The van der Waals surface area contributed by atoms with E-state index in [0.29, 0.717) is 18.7 Å². The Bertz CT molecular complexity index is 1270. The molecule has 4 aromatic rings. The number of imidazole rings is 1. The van der Waals surface area contributed by atoms with Crippen molar-refractivity contribution in [3.8, 4) is 5.69 Å². The van der Waals surface area contributed by atoms with Gasteiger partial charge in [0.25, 0.3) is 5.91 Å². The minimum atomic E-state index is -0.301. The summed E-state index contributed by atoms with van der Waals surface area (Å²) in [5.74, 6) is 0.898. The van der Waals surface area contributed by atoms with Crippen LogP contribution in [0.2, 0.25) is 0 Å². The van der Waals surface area contributed by atoms with Gasteiger partial charge in [-0.3, -0.25) is 9.36 Å². The Balaban J connectivity index is 1.41. The highest BCUT2D eigenvalue weighted by atomic mass is 16.3. The summed E-state index contributed by atoms with van der Waals surface area (Å²) >= 11 is 0. The van der Waals surface area contributed by atoms with Crippen LogP contribution in [-0.2, 0) is 6.42 Å². The predicted molar refractivity (Wildman–Crippen MR) is 131 cm³/mol. The molecule has 1 amide bonds. The minimum Gasteiger partial charge on any atom is -0.396 e. The minimum absolute atomic E-state index is 0.00870. The highest BCUT2D eigenvalue weighted by molar-refractivity contribution is 5.97. The third-order valence-electron chi connectivity index (χ3n) is 6.79. The first-order chi connectivity index (χ1) is 16.1. The largest absolute Gasteiger partial charge is 0.396 e. The molecule has 5 heteroatoms. The van der Waals surface area contributed by atoms with Crippen molar-refractivity contribution < 1.29 is 9.90 Å². The maximum absolute atomic E-state index is 13.5. The molecule has 1 saturated heterocycles. The number of para-hydroxylation sites is 1. The number of carbonyl (C=O) groups is 1. The number of aliphatic hydroxyl groups is 1. The summed E-state index contributed by atoms with van der Waals surface area (Å²) in [6.07, 6.45) is 2.58. The maximum Gasteiger partial charge on any atom is 0.253 e. The van der Waals surface area contributed by atoms with Crippen molar-refractivity contribution in [2.45, 2.75) is 26.2 Å². The van der Waals surface area contributed by atoms with Crippen LogP contribution in [0.1, 0.15) is 34.6 Å². The summed E-state index contributed by atoms with van der Waals surface area (Å²) in [5.41, 5.74) is 4.41. The first kappa shape index (κ1) is 21.4. The van der Waals surface area contributed by atoms with Crippen molar-refractivity contribution >= 4 is 16.9 Å². The molecule has 168 valence electrons. The van der Waals surface area contributed by atoms with Gasteiger partial charge in [-0.25, -0.2) is 4.98 Å². The van der Waals surface area contributed by atoms with Crippen LogP contribution in [0.15, 0.2) is 78.9 Å². The second-order valence-electron chi connectivity index (χ2n) is 9.18. The molecule has 0 saturated carbocycles. The summed E-state index contributed by atoms with van der Waals surface area (Å²) in [5, 5.41) is 10.3. The number of aliphatic hydroxyl groups excluding tert-OH is 1. The monoisotopic (exact) mass is 439 g/mol.